The molecule has 1 aliphatic rings. The fourth-order valence-corrected chi connectivity index (χ4v) is 2.44. The van der Waals surface area contributed by atoms with E-state index in [-0.39, 0.29) is 4.90 Å². The molecule has 1 fully saturated rings. The lowest BCUT2D eigenvalue weighted by Crippen LogP contribution is -2.19. The van der Waals surface area contributed by atoms with E-state index < -0.39 is 21.2 Å². The highest BCUT2D eigenvalue weighted by atomic mass is 32.2. The molecule has 0 heterocycles. The molecule has 2 rings (SSSR count). The van der Waals surface area contributed by atoms with Crippen molar-refractivity contribution in [2.24, 2.45) is 0 Å². The summed E-state index contributed by atoms with van der Waals surface area (Å²) in [5.74, 6) is -0.877. The summed E-state index contributed by atoms with van der Waals surface area (Å²) in [5.41, 5.74) is -0.260. The van der Waals surface area contributed by atoms with Crippen molar-refractivity contribution in [2.75, 3.05) is 6.26 Å². The molecule has 0 spiro atoms. The van der Waals surface area contributed by atoms with Crippen LogP contribution in [0.5, 0.6) is 0 Å². The zero-order valence-electron chi connectivity index (χ0n) is 8.80. The Labute approximate surface area is 93.8 Å². The Morgan fingerprint density at radius 1 is 1.38 bits per heavy atom. The summed E-state index contributed by atoms with van der Waals surface area (Å²) in [6.07, 6.45) is 2.28. The molecule has 0 aromatic heterocycles. The van der Waals surface area contributed by atoms with Gasteiger partial charge >= 0.3 is 5.97 Å². The van der Waals surface area contributed by atoms with Gasteiger partial charge in [0.15, 0.2) is 9.84 Å². The maximum absolute atomic E-state index is 11.4. The Balaban J connectivity index is 2.49. The van der Waals surface area contributed by atoms with E-state index in [1.807, 2.05) is 0 Å². The average molecular weight is 240 g/mol. The van der Waals surface area contributed by atoms with E-state index in [0.717, 1.165) is 6.26 Å². The van der Waals surface area contributed by atoms with Crippen molar-refractivity contribution in [1.82, 2.24) is 0 Å². The molecule has 1 aromatic rings. The number of hydrogen-bond donors (Lipinski definition) is 1. The number of carboxylic acids is 1. The largest absolute Gasteiger partial charge is 0.481 e. The van der Waals surface area contributed by atoms with Gasteiger partial charge in [-0.1, -0.05) is 12.1 Å². The average Bonchev–Trinajstić information content (AvgIpc) is 2.97. The Bertz CT molecular complexity index is 541. The minimum Gasteiger partial charge on any atom is -0.481 e. The molecule has 0 amide bonds. The third kappa shape index (κ3) is 1.71. The number of rotatable bonds is 3. The second-order valence-corrected chi connectivity index (χ2v) is 6.20. The van der Waals surface area contributed by atoms with Gasteiger partial charge in [0.25, 0.3) is 0 Å². The molecular formula is C11H12O4S. The van der Waals surface area contributed by atoms with Crippen LogP contribution in [0.2, 0.25) is 0 Å². The molecule has 86 valence electrons. The number of benzene rings is 1. The Hall–Kier alpha value is -1.36. The standard InChI is InChI=1S/C11H12O4S/c1-16(14,15)9-4-2-3-8(7-9)11(5-6-11)10(12)13/h2-4,7H,5-6H2,1H3,(H,12,13). The van der Waals surface area contributed by atoms with Crippen molar-refractivity contribution in [3.05, 3.63) is 29.8 Å². The van der Waals surface area contributed by atoms with Crippen molar-refractivity contribution < 1.29 is 18.3 Å². The highest BCUT2D eigenvalue weighted by Crippen LogP contribution is 2.48. The van der Waals surface area contributed by atoms with Crippen LogP contribution in [0, 0.1) is 0 Å². The van der Waals surface area contributed by atoms with Crippen LogP contribution in [0.15, 0.2) is 29.2 Å². The van der Waals surface area contributed by atoms with E-state index in [4.69, 9.17) is 5.11 Å². The zero-order chi connectivity index (χ0) is 12.0. The molecule has 5 heteroatoms. The Kier molecular flexibility index (Phi) is 2.31. The third-order valence-corrected chi connectivity index (χ3v) is 4.08. The molecule has 0 radical (unpaired) electrons. The molecular weight excluding hydrogens is 228 g/mol. The van der Waals surface area contributed by atoms with Gasteiger partial charge in [-0.15, -0.1) is 0 Å². The number of sulfone groups is 1. The molecule has 1 saturated carbocycles. The van der Waals surface area contributed by atoms with Crippen LogP contribution in [0.3, 0.4) is 0 Å². The van der Waals surface area contributed by atoms with E-state index in [1.165, 1.54) is 12.1 Å². The van der Waals surface area contributed by atoms with E-state index in [2.05, 4.69) is 0 Å². The lowest BCUT2D eigenvalue weighted by molar-refractivity contribution is -0.140. The first-order valence-corrected chi connectivity index (χ1v) is 6.79. The van der Waals surface area contributed by atoms with Crippen molar-refractivity contribution in [2.45, 2.75) is 23.2 Å². The summed E-state index contributed by atoms with van der Waals surface area (Å²) in [6, 6.07) is 6.22. The summed E-state index contributed by atoms with van der Waals surface area (Å²) in [4.78, 5) is 11.3. The van der Waals surface area contributed by atoms with E-state index in [9.17, 15) is 13.2 Å². The van der Waals surface area contributed by atoms with Crippen LogP contribution in [0.4, 0.5) is 0 Å². The van der Waals surface area contributed by atoms with E-state index >= 15 is 0 Å². The minimum atomic E-state index is -3.28. The first kappa shape index (κ1) is 11.1. The van der Waals surface area contributed by atoms with Gasteiger partial charge in [0.05, 0.1) is 10.3 Å². The van der Waals surface area contributed by atoms with Crippen LogP contribution in [0.25, 0.3) is 0 Å². The quantitative estimate of drug-likeness (QED) is 0.861. The minimum absolute atomic E-state index is 0.178. The molecule has 0 aliphatic heterocycles. The molecule has 0 saturated heterocycles. The van der Waals surface area contributed by atoms with Crippen LogP contribution in [-0.2, 0) is 20.0 Å². The maximum atomic E-state index is 11.4. The Morgan fingerprint density at radius 2 is 2.00 bits per heavy atom. The van der Waals surface area contributed by atoms with E-state index in [1.54, 1.807) is 12.1 Å². The van der Waals surface area contributed by atoms with Gasteiger partial charge in [-0.3, -0.25) is 4.79 Å². The first-order valence-electron chi connectivity index (χ1n) is 4.90. The van der Waals surface area contributed by atoms with Gasteiger partial charge < -0.3 is 5.11 Å². The number of carbonyl (C=O) groups is 1. The van der Waals surface area contributed by atoms with Gasteiger partial charge in [-0.2, -0.15) is 0 Å². The molecule has 16 heavy (non-hydrogen) atoms. The summed E-state index contributed by atoms with van der Waals surface area (Å²) < 4.78 is 22.7. The molecule has 1 aliphatic carbocycles. The predicted octanol–water partition coefficient (Wildman–Crippen LogP) is 1.21. The van der Waals surface area contributed by atoms with Crippen LogP contribution >= 0.6 is 0 Å². The summed E-state index contributed by atoms with van der Waals surface area (Å²) in [7, 11) is -3.28. The third-order valence-electron chi connectivity index (χ3n) is 2.97. The van der Waals surface area contributed by atoms with Gasteiger partial charge in [0.1, 0.15) is 0 Å². The highest BCUT2D eigenvalue weighted by molar-refractivity contribution is 7.90. The SMILES string of the molecule is CS(=O)(=O)c1cccc(C2(C(=O)O)CC2)c1. The zero-order valence-corrected chi connectivity index (χ0v) is 9.62. The molecule has 0 atom stereocenters. The fraction of sp³-hybridized carbons (Fsp3) is 0.364. The molecule has 1 aromatic carbocycles. The second-order valence-electron chi connectivity index (χ2n) is 4.19. The number of hydrogen-bond acceptors (Lipinski definition) is 3. The number of carboxylic acid groups (broad SMARTS) is 1. The van der Waals surface area contributed by atoms with Crippen molar-refractivity contribution in [3.63, 3.8) is 0 Å². The van der Waals surface area contributed by atoms with Gasteiger partial charge in [0, 0.05) is 6.26 Å². The second kappa shape index (κ2) is 3.31. The molecule has 0 bridgehead atoms. The van der Waals surface area contributed by atoms with Crippen molar-refractivity contribution in [3.8, 4) is 0 Å². The normalized spacial score (nSPS) is 18.1. The molecule has 4 nitrogen and oxygen atoms in total. The summed E-state index contributed by atoms with van der Waals surface area (Å²) in [6.45, 7) is 0. The van der Waals surface area contributed by atoms with Crippen LogP contribution in [-0.4, -0.2) is 25.7 Å². The number of aliphatic carboxylic acids is 1. The lowest BCUT2D eigenvalue weighted by Gasteiger charge is -2.10. The fourth-order valence-electron chi connectivity index (χ4n) is 1.78. The van der Waals surface area contributed by atoms with E-state index in [0.29, 0.717) is 18.4 Å². The lowest BCUT2D eigenvalue weighted by atomic mass is 9.96. The maximum Gasteiger partial charge on any atom is 0.314 e. The topological polar surface area (TPSA) is 71.4 Å². The van der Waals surface area contributed by atoms with Gasteiger partial charge in [-0.25, -0.2) is 8.42 Å². The van der Waals surface area contributed by atoms with Crippen molar-refractivity contribution >= 4 is 15.8 Å². The summed E-state index contributed by atoms with van der Waals surface area (Å²) >= 11 is 0. The van der Waals surface area contributed by atoms with Crippen LogP contribution < -0.4 is 0 Å². The highest BCUT2D eigenvalue weighted by Gasteiger charge is 2.51. The molecule has 1 N–H and O–H groups in total. The monoisotopic (exact) mass is 240 g/mol. The summed E-state index contributed by atoms with van der Waals surface area (Å²) in [5, 5.41) is 9.10. The Morgan fingerprint density at radius 3 is 2.44 bits per heavy atom. The molecule has 0 unspecified atom stereocenters. The predicted molar refractivity (Wildman–Crippen MR) is 58.1 cm³/mol. The first-order chi connectivity index (χ1) is 7.36. The van der Waals surface area contributed by atoms with Crippen molar-refractivity contribution in [1.29, 1.82) is 0 Å². The van der Waals surface area contributed by atoms with Crippen LogP contribution in [0.1, 0.15) is 18.4 Å². The smallest absolute Gasteiger partial charge is 0.314 e. The van der Waals surface area contributed by atoms with Gasteiger partial charge in [0.2, 0.25) is 0 Å². The van der Waals surface area contributed by atoms with Gasteiger partial charge in [-0.05, 0) is 30.5 Å².